The van der Waals surface area contributed by atoms with Crippen molar-refractivity contribution in [1.29, 1.82) is 0 Å². The second-order valence-electron chi connectivity index (χ2n) is 6.17. The second-order valence-corrected chi connectivity index (χ2v) is 6.17. The maximum absolute atomic E-state index is 13.4. The van der Waals surface area contributed by atoms with Crippen molar-refractivity contribution in [3.8, 4) is 11.6 Å². The van der Waals surface area contributed by atoms with E-state index in [1.54, 1.807) is 41.2 Å². The molecule has 0 aliphatic carbocycles. The Balaban J connectivity index is 1.47. The molecule has 0 spiro atoms. The number of carbonyl (C=O) groups is 1. The van der Waals surface area contributed by atoms with Crippen LogP contribution in [0.25, 0.3) is 5.82 Å². The van der Waals surface area contributed by atoms with Gasteiger partial charge in [-0.3, -0.25) is 4.79 Å². The van der Waals surface area contributed by atoms with E-state index in [9.17, 15) is 9.18 Å². The van der Waals surface area contributed by atoms with E-state index < -0.39 is 5.82 Å². The van der Waals surface area contributed by atoms with Gasteiger partial charge >= 0.3 is 0 Å². The molecule has 27 heavy (non-hydrogen) atoms. The fourth-order valence-electron chi connectivity index (χ4n) is 2.65. The van der Waals surface area contributed by atoms with E-state index in [4.69, 9.17) is 4.74 Å². The molecule has 0 aliphatic rings. The van der Waals surface area contributed by atoms with Gasteiger partial charge in [0.25, 0.3) is 0 Å². The third-order valence-corrected chi connectivity index (χ3v) is 3.90. The van der Waals surface area contributed by atoms with Crippen LogP contribution in [0.2, 0.25) is 0 Å². The predicted octanol–water partition coefficient (Wildman–Crippen LogP) is 3.82. The molecule has 7 heteroatoms. The van der Waals surface area contributed by atoms with Crippen LogP contribution in [0.5, 0.6) is 5.75 Å². The van der Waals surface area contributed by atoms with Crippen LogP contribution in [-0.4, -0.2) is 27.3 Å². The van der Waals surface area contributed by atoms with Gasteiger partial charge < -0.3 is 10.1 Å². The number of halogens is 1. The fourth-order valence-corrected chi connectivity index (χ4v) is 2.65. The quantitative estimate of drug-likeness (QED) is 0.644. The van der Waals surface area contributed by atoms with Gasteiger partial charge in [-0.15, -0.1) is 0 Å². The molecule has 3 aromatic rings. The minimum Gasteiger partial charge on any atom is -0.491 e. The van der Waals surface area contributed by atoms with E-state index in [1.165, 1.54) is 6.07 Å². The van der Waals surface area contributed by atoms with Crippen LogP contribution < -0.4 is 10.1 Å². The molecule has 0 fully saturated rings. The minimum absolute atomic E-state index is 0.146. The molecular weight excluding hydrogens is 347 g/mol. The third kappa shape index (κ3) is 4.91. The number of aromatic nitrogens is 3. The lowest BCUT2D eigenvalue weighted by atomic mass is 10.3. The van der Waals surface area contributed by atoms with Crippen LogP contribution >= 0.6 is 0 Å². The Morgan fingerprint density at radius 3 is 2.70 bits per heavy atom. The first-order chi connectivity index (χ1) is 13.0. The van der Waals surface area contributed by atoms with Gasteiger partial charge in [-0.1, -0.05) is 12.1 Å². The Kier molecular flexibility index (Phi) is 5.80. The lowest BCUT2D eigenvalue weighted by molar-refractivity contribution is -0.116. The van der Waals surface area contributed by atoms with Gasteiger partial charge in [-0.05, 0) is 50.6 Å². The van der Waals surface area contributed by atoms with Crippen LogP contribution in [0, 0.1) is 19.7 Å². The molecule has 140 valence electrons. The van der Waals surface area contributed by atoms with Crippen molar-refractivity contribution < 1.29 is 13.9 Å². The number of amides is 1. The van der Waals surface area contributed by atoms with Crippen LogP contribution in [-0.2, 0) is 4.79 Å². The topological polar surface area (TPSA) is 69.0 Å². The number of hydrogen-bond donors (Lipinski definition) is 1. The van der Waals surface area contributed by atoms with Crippen molar-refractivity contribution >= 4 is 11.6 Å². The Bertz CT molecular complexity index is 922. The summed E-state index contributed by atoms with van der Waals surface area (Å²) < 4.78 is 20.5. The molecule has 6 nitrogen and oxygen atoms in total. The number of aryl methyl sites for hydroxylation is 2. The molecule has 0 saturated carbocycles. The summed E-state index contributed by atoms with van der Waals surface area (Å²) in [7, 11) is 0. The van der Waals surface area contributed by atoms with E-state index in [0.29, 0.717) is 17.9 Å². The maximum atomic E-state index is 13.4. The normalized spacial score (nSPS) is 10.6. The molecule has 0 radical (unpaired) electrons. The standard InChI is InChI=1S/C20H21FN4O2/c1-14-12-15(2)25(24-14)19-10-9-16(13-22-19)23-20(26)8-5-11-27-18-7-4-3-6-17(18)21/h3-4,6-7,9-10,12-13H,5,8,11H2,1-2H3,(H,23,26). The third-order valence-electron chi connectivity index (χ3n) is 3.90. The Morgan fingerprint density at radius 2 is 2.04 bits per heavy atom. The lowest BCUT2D eigenvalue weighted by Crippen LogP contribution is -2.13. The van der Waals surface area contributed by atoms with E-state index in [1.807, 2.05) is 19.9 Å². The van der Waals surface area contributed by atoms with Crippen molar-refractivity contribution in [2.75, 3.05) is 11.9 Å². The molecule has 0 atom stereocenters. The molecule has 0 aliphatic heterocycles. The molecule has 0 saturated heterocycles. The van der Waals surface area contributed by atoms with Gasteiger partial charge in [0, 0.05) is 12.1 Å². The predicted molar refractivity (Wildman–Crippen MR) is 101 cm³/mol. The first-order valence-electron chi connectivity index (χ1n) is 8.70. The number of nitrogens with one attached hydrogen (secondary N) is 1. The molecule has 0 bridgehead atoms. The number of carbonyl (C=O) groups excluding carboxylic acids is 1. The summed E-state index contributed by atoms with van der Waals surface area (Å²) in [6, 6.07) is 11.8. The van der Waals surface area contributed by atoms with Crippen LogP contribution in [0.1, 0.15) is 24.2 Å². The number of hydrogen-bond acceptors (Lipinski definition) is 4. The van der Waals surface area contributed by atoms with Gasteiger partial charge in [-0.2, -0.15) is 5.10 Å². The monoisotopic (exact) mass is 368 g/mol. The molecular formula is C20H21FN4O2. The molecule has 0 unspecified atom stereocenters. The average molecular weight is 368 g/mol. The van der Waals surface area contributed by atoms with E-state index in [-0.39, 0.29) is 24.7 Å². The molecule has 2 heterocycles. The van der Waals surface area contributed by atoms with Crippen molar-refractivity contribution in [2.24, 2.45) is 0 Å². The molecule has 2 aromatic heterocycles. The van der Waals surface area contributed by atoms with Crippen LogP contribution in [0.15, 0.2) is 48.7 Å². The van der Waals surface area contributed by atoms with Gasteiger partial charge in [-0.25, -0.2) is 14.1 Å². The van der Waals surface area contributed by atoms with E-state index in [2.05, 4.69) is 15.4 Å². The van der Waals surface area contributed by atoms with Crippen molar-refractivity contribution in [3.05, 3.63) is 65.9 Å². The van der Waals surface area contributed by atoms with Crippen molar-refractivity contribution in [2.45, 2.75) is 26.7 Å². The van der Waals surface area contributed by atoms with Gasteiger partial charge in [0.15, 0.2) is 17.4 Å². The summed E-state index contributed by atoms with van der Waals surface area (Å²) in [5.41, 5.74) is 2.52. The van der Waals surface area contributed by atoms with Gasteiger partial charge in [0.1, 0.15) is 0 Å². The Hall–Kier alpha value is -3.22. The number of nitrogens with zero attached hydrogens (tertiary/aromatic N) is 3. The van der Waals surface area contributed by atoms with Crippen molar-refractivity contribution in [1.82, 2.24) is 14.8 Å². The van der Waals surface area contributed by atoms with E-state index >= 15 is 0 Å². The number of ether oxygens (including phenoxy) is 1. The van der Waals surface area contributed by atoms with Gasteiger partial charge in [0.2, 0.25) is 5.91 Å². The van der Waals surface area contributed by atoms with Crippen LogP contribution in [0.3, 0.4) is 0 Å². The molecule has 1 aromatic carbocycles. The maximum Gasteiger partial charge on any atom is 0.224 e. The summed E-state index contributed by atoms with van der Waals surface area (Å²) in [5, 5.41) is 7.17. The minimum atomic E-state index is -0.407. The number of rotatable bonds is 7. The second kappa shape index (κ2) is 8.44. The Morgan fingerprint density at radius 1 is 1.22 bits per heavy atom. The largest absolute Gasteiger partial charge is 0.491 e. The smallest absolute Gasteiger partial charge is 0.224 e. The summed E-state index contributed by atoms with van der Waals surface area (Å²) in [6.07, 6.45) is 2.35. The van der Waals surface area contributed by atoms with Gasteiger partial charge in [0.05, 0.1) is 24.2 Å². The summed E-state index contributed by atoms with van der Waals surface area (Å²) in [5.74, 6) is 0.335. The molecule has 3 rings (SSSR count). The zero-order chi connectivity index (χ0) is 19.2. The number of pyridine rings is 1. The zero-order valence-corrected chi connectivity index (χ0v) is 15.3. The number of anilines is 1. The highest BCUT2D eigenvalue weighted by Gasteiger charge is 2.07. The molecule has 1 amide bonds. The number of benzene rings is 1. The lowest BCUT2D eigenvalue weighted by Gasteiger charge is -2.08. The van der Waals surface area contributed by atoms with Crippen molar-refractivity contribution in [3.63, 3.8) is 0 Å². The highest BCUT2D eigenvalue weighted by molar-refractivity contribution is 5.90. The number of para-hydroxylation sites is 1. The van der Waals surface area contributed by atoms with Crippen LogP contribution in [0.4, 0.5) is 10.1 Å². The Labute approximate surface area is 157 Å². The SMILES string of the molecule is Cc1cc(C)n(-c2ccc(NC(=O)CCCOc3ccccc3F)cn2)n1. The highest BCUT2D eigenvalue weighted by atomic mass is 19.1. The zero-order valence-electron chi connectivity index (χ0n) is 15.3. The first-order valence-corrected chi connectivity index (χ1v) is 8.70. The average Bonchev–Trinajstić information content (AvgIpc) is 2.99. The fraction of sp³-hybridized carbons (Fsp3) is 0.250. The highest BCUT2D eigenvalue weighted by Crippen LogP contribution is 2.16. The summed E-state index contributed by atoms with van der Waals surface area (Å²) in [4.78, 5) is 16.4. The molecule has 1 N–H and O–H groups in total. The summed E-state index contributed by atoms with van der Waals surface area (Å²) >= 11 is 0. The van der Waals surface area contributed by atoms with E-state index in [0.717, 1.165) is 11.4 Å². The first kappa shape index (κ1) is 18.6. The summed E-state index contributed by atoms with van der Waals surface area (Å²) in [6.45, 7) is 4.15.